The molecule has 0 radical (unpaired) electrons. The summed E-state index contributed by atoms with van der Waals surface area (Å²) in [5.41, 5.74) is 2.96. The molecule has 3 aromatic rings. The molecule has 0 aliphatic rings. The van der Waals surface area contributed by atoms with Crippen LogP contribution in [0.4, 0.5) is 0 Å². The standard InChI is InChI=1S/C20H22N2O4/c1-24-13-14-25-15-19(23)26-12-11-22-18-10-6-5-9-17(18)21-20(22)16-7-3-2-4-8-16/h2-10H,11-15H2,1H3. The molecule has 2 aromatic carbocycles. The number of benzene rings is 2. The molecule has 136 valence electrons. The summed E-state index contributed by atoms with van der Waals surface area (Å²) in [6.07, 6.45) is 0. The normalized spacial score (nSPS) is 11.0. The van der Waals surface area contributed by atoms with Crippen LogP contribution in [0, 0.1) is 0 Å². The average molecular weight is 354 g/mol. The molecule has 1 heterocycles. The van der Waals surface area contributed by atoms with E-state index in [9.17, 15) is 4.79 Å². The van der Waals surface area contributed by atoms with Gasteiger partial charge in [0.1, 0.15) is 19.0 Å². The van der Waals surface area contributed by atoms with Gasteiger partial charge in [0.05, 0.1) is 30.8 Å². The molecule has 0 N–H and O–H groups in total. The number of ether oxygens (including phenoxy) is 3. The van der Waals surface area contributed by atoms with E-state index in [1.165, 1.54) is 0 Å². The maximum atomic E-state index is 11.7. The molecule has 0 saturated carbocycles. The maximum absolute atomic E-state index is 11.7. The smallest absolute Gasteiger partial charge is 0.332 e. The van der Waals surface area contributed by atoms with Gasteiger partial charge in [-0.15, -0.1) is 0 Å². The van der Waals surface area contributed by atoms with Crippen molar-refractivity contribution < 1.29 is 19.0 Å². The molecule has 0 amide bonds. The van der Waals surface area contributed by atoms with Gasteiger partial charge in [0.15, 0.2) is 0 Å². The Balaban J connectivity index is 1.68. The third-order valence-corrected chi connectivity index (χ3v) is 3.92. The number of hydrogen-bond donors (Lipinski definition) is 0. The van der Waals surface area contributed by atoms with Crippen molar-refractivity contribution in [1.82, 2.24) is 9.55 Å². The van der Waals surface area contributed by atoms with Gasteiger partial charge in [0.25, 0.3) is 0 Å². The Bertz CT molecular complexity index is 845. The molecule has 6 heteroatoms. The van der Waals surface area contributed by atoms with Crippen molar-refractivity contribution in [2.45, 2.75) is 6.54 Å². The minimum atomic E-state index is -0.383. The summed E-state index contributed by atoms with van der Waals surface area (Å²) in [5.74, 6) is 0.478. The third-order valence-electron chi connectivity index (χ3n) is 3.92. The molecule has 0 aliphatic heterocycles. The minimum Gasteiger partial charge on any atom is -0.462 e. The zero-order chi connectivity index (χ0) is 18.2. The fourth-order valence-corrected chi connectivity index (χ4v) is 2.70. The molecule has 0 aliphatic carbocycles. The van der Waals surface area contributed by atoms with Crippen LogP contribution in [0.15, 0.2) is 54.6 Å². The van der Waals surface area contributed by atoms with Gasteiger partial charge in [0, 0.05) is 12.7 Å². The van der Waals surface area contributed by atoms with E-state index in [0.717, 1.165) is 22.4 Å². The van der Waals surface area contributed by atoms with Crippen molar-refractivity contribution in [2.75, 3.05) is 33.5 Å². The van der Waals surface area contributed by atoms with Crippen LogP contribution in [0.5, 0.6) is 0 Å². The SMILES string of the molecule is COCCOCC(=O)OCCn1c(-c2ccccc2)nc2ccccc21. The lowest BCUT2D eigenvalue weighted by molar-refractivity contribution is -0.149. The fraction of sp³-hybridized carbons (Fsp3) is 0.300. The number of fused-ring (bicyclic) bond motifs is 1. The highest BCUT2D eigenvalue weighted by Gasteiger charge is 2.12. The van der Waals surface area contributed by atoms with Crippen LogP contribution < -0.4 is 0 Å². The lowest BCUT2D eigenvalue weighted by Gasteiger charge is -2.10. The zero-order valence-electron chi connectivity index (χ0n) is 14.8. The molecule has 26 heavy (non-hydrogen) atoms. The first-order valence-corrected chi connectivity index (χ1v) is 8.52. The highest BCUT2D eigenvalue weighted by molar-refractivity contribution is 5.80. The van der Waals surface area contributed by atoms with Crippen molar-refractivity contribution in [3.63, 3.8) is 0 Å². The Morgan fingerprint density at radius 2 is 1.77 bits per heavy atom. The predicted molar refractivity (Wildman–Crippen MR) is 98.8 cm³/mol. The van der Waals surface area contributed by atoms with Crippen LogP contribution >= 0.6 is 0 Å². The van der Waals surface area contributed by atoms with Crippen LogP contribution in [0.1, 0.15) is 0 Å². The molecular weight excluding hydrogens is 332 g/mol. The number of para-hydroxylation sites is 2. The summed E-state index contributed by atoms with van der Waals surface area (Å²) in [5, 5.41) is 0. The van der Waals surface area contributed by atoms with Gasteiger partial charge in [-0.2, -0.15) is 0 Å². The highest BCUT2D eigenvalue weighted by Crippen LogP contribution is 2.24. The van der Waals surface area contributed by atoms with Gasteiger partial charge in [-0.3, -0.25) is 0 Å². The Kier molecular flexibility index (Phi) is 6.35. The number of aromatic nitrogens is 2. The number of esters is 1. The maximum Gasteiger partial charge on any atom is 0.332 e. The molecule has 1 aromatic heterocycles. The van der Waals surface area contributed by atoms with Crippen LogP contribution in [0.3, 0.4) is 0 Å². The lowest BCUT2D eigenvalue weighted by atomic mass is 10.2. The van der Waals surface area contributed by atoms with Crippen molar-refractivity contribution in [3.05, 3.63) is 54.6 Å². The monoisotopic (exact) mass is 354 g/mol. The molecule has 0 saturated heterocycles. The molecule has 6 nitrogen and oxygen atoms in total. The van der Waals surface area contributed by atoms with Crippen molar-refractivity contribution in [1.29, 1.82) is 0 Å². The predicted octanol–water partition coefficient (Wildman–Crippen LogP) is 2.91. The van der Waals surface area contributed by atoms with E-state index < -0.39 is 0 Å². The van der Waals surface area contributed by atoms with E-state index in [2.05, 4.69) is 4.57 Å². The number of methoxy groups -OCH3 is 1. The van der Waals surface area contributed by atoms with E-state index in [4.69, 9.17) is 19.2 Å². The lowest BCUT2D eigenvalue weighted by Crippen LogP contribution is -2.17. The quantitative estimate of drug-likeness (QED) is 0.437. The van der Waals surface area contributed by atoms with E-state index in [1.807, 2.05) is 54.6 Å². The Morgan fingerprint density at radius 3 is 2.58 bits per heavy atom. The largest absolute Gasteiger partial charge is 0.462 e. The third kappa shape index (κ3) is 4.47. The molecule has 3 rings (SSSR count). The molecule has 0 atom stereocenters. The van der Waals surface area contributed by atoms with E-state index in [-0.39, 0.29) is 19.2 Å². The number of nitrogens with zero attached hydrogens (tertiary/aromatic N) is 2. The second kappa shape index (κ2) is 9.12. The Hall–Kier alpha value is -2.70. The van der Waals surface area contributed by atoms with Crippen molar-refractivity contribution in [3.8, 4) is 11.4 Å². The van der Waals surface area contributed by atoms with Crippen molar-refractivity contribution >= 4 is 17.0 Å². The Morgan fingerprint density at radius 1 is 1.00 bits per heavy atom. The highest BCUT2D eigenvalue weighted by atomic mass is 16.6. The minimum absolute atomic E-state index is 0.0699. The van der Waals surface area contributed by atoms with Gasteiger partial charge in [0.2, 0.25) is 0 Å². The second-order valence-corrected chi connectivity index (χ2v) is 5.71. The fourth-order valence-electron chi connectivity index (χ4n) is 2.70. The number of carbonyl (C=O) groups excluding carboxylic acids is 1. The first-order valence-electron chi connectivity index (χ1n) is 8.52. The number of hydrogen-bond acceptors (Lipinski definition) is 5. The topological polar surface area (TPSA) is 62.6 Å². The van der Waals surface area contributed by atoms with Gasteiger partial charge < -0.3 is 18.8 Å². The van der Waals surface area contributed by atoms with Gasteiger partial charge in [-0.05, 0) is 12.1 Å². The first-order chi connectivity index (χ1) is 12.8. The molecule has 0 spiro atoms. The second-order valence-electron chi connectivity index (χ2n) is 5.71. The number of carbonyl (C=O) groups is 1. The van der Waals surface area contributed by atoms with Crippen LogP contribution in [0.2, 0.25) is 0 Å². The van der Waals surface area contributed by atoms with Gasteiger partial charge in [-0.1, -0.05) is 42.5 Å². The molecule has 0 fully saturated rings. The number of imidazole rings is 1. The summed E-state index contributed by atoms with van der Waals surface area (Å²) in [4.78, 5) is 16.5. The van der Waals surface area contributed by atoms with E-state index >= 15 is 0 Å². The van der Waals surface area contributed by atoms with Crippen molar-refractivity contribution in [2.24, 2.45) is 0 Å². The van der Waals surface area contributed by atoms with Crippen LogP contribution in [-0.4, -0.2) is 49.1 Å². The van der Waals surface area contributed by atoms with Gasteiger partial charge >= 0.3 is 5.97 Å². The summed E-state index contributed by atoms with van der Waals surface area (Å²) >= 11 is 0. The van der Waals surface area contributed by atoms with Gasteiger partial charge in [-0.25, -0.2) is 9.78 Å². The molecular formula is C20H22N2O4. The average Bonchev–Trinajstić information content (AvgIpc) is 3.05. The summed E-state index contributed by atoms with van der Waals surface area (Å²) in [6, 6.07) is 17.9. The summed E-state index contributed by atoms with van der Waals surface area (Å²) in [6.45, 7) is 1.53. The molecule has 0 unspecified atom stereocenters. The van der Waals surface area contributed by atoms with E-state index in [1.54, 1.807) is 7.11 Å². The summed E-state index contributed by atoms with van der Waals surface area (Å²) in [7, 11) is 1.58. The van der Waals surface area contributed by atoms with Crippen LogP contribution in [0.25, 0.3) is 22.4 Å². The Labute approximate surface area is 152 Å². The van der Waals surface area contributed by atoms with E-state index in [0.29, 0.717) is 19.8 Å². The van der Waals surface area contributed by atoms with Crippen LogP contribution in [-0.2, 0) is 25.5 Å². The number of rotatable bonds is 9. The zero-order valence-corrected chi connectivity index (χ0v) is 14.8. The first kappa shape index (κ1) is 18.1. The molecule has 0 bridgehead atoms. The summed E-state index contributed by atoms with van der Waals surface area (Å²) < 4.78 is 17.4.